The zero-order valence-electron chi connectivity index (χ0n) is 13.4. The number of carbonyl (C=O) groups excluding carboxylic acids is 2. The van der Waals surface area contributed by atoms with Crippen LogP contribution in [0.1, 0.15) is 32.2 Å². The van der Waals surface area contributed by atoms with Gasteiger partial charge in [-0.15, -0.1) is 0 Å². The van der Waals surface area contributed by atoms with E-state index >= 15 is 0 Å². The average molecular weight is 311 g/mol. The molecule has 0 aliphatic heterocycles. The molecule has 0 aliphatic carbocycles. The smallest absolute Gasteiger partial charge is 0.312 e. The molecule has 2 amide bonds. The number of nitrogens with zero attached hydrogens (tertiary/aromatic N) is 3. The van der Waals surface area contributed by atoms with Gasteiger partial charge in [0.2, 0.25) is 11.8 Å². The average Bonchev–Trinajstić information content (AvgIpc) is 2.59. The first-order valence-electron chi connectivity index (χ1n) is 6.77. The van der Waals surface area contributed by atoms with Crippen LogP contribution in [-0.2, 0) is 16.1 Å². The Labute approximate surface area is 128 Å². The number of hydrogen-bond acceptors (Lipinski definition) is 5. The van der Waals surface area contributed by atoms with Gasteiger partial charge in [0.15, 0.2) is 0 Å². The van der Waals surface area contributed by atoms with E-state index in [1.165, 1.54) is 18.5 Å². The minimum Gasteiger partial charge on any atom is -0.350 e. The highest BCUT2D eigenvalue weighted by atomic mass is 16.6. The standard InChI is InChI=1S/C13H21N5O4/c1-8-12(18(21)22)9(2)17(16-8)7-11(20)14-6-10(19)15-13(3,4)5/h6-7H2,1-5H3,(H,14,20)(H,15,19). The molecule has 0 fully saturated rings. The van der Waals surface area contributed by atoms with Crippen LogP contribution in [0, 0.1) is 24.0 Å². The highest BCUT2D eigenvalue weighted by Gasteiger charge is 2.23. The monoisotopic (exact) mass is 311 g/mol. The van der Waals surface area contributed by atoms with Crippen LogP contribution in [0.3, 0.4) is 0 Å². The highest BCUT2D eigenvalue weighted by Crippen LogP contribution is 2.21. The third-order valence-corrected chi connectivity index (χ3v) is 2.78. The summed E-state index contributed by atoms with van der Waals surface area (Å²) in [4.78, 5) is 33.8. The van der Waals surface area contributed by atoms with Gasteiger partial charge in [-0.25, -0.2) is 0 Å². The van der Waals surface area contributed by atoms with Gasteiger partial charge in [0.1, 0.15) is 17.9 Å². The maximum absolute atomic E-state index is 11.8. The SMILES string of the molecule is Cc1nn(CC(=O)NCC(=O)NC(C)(C)C)c(C)c1[N+](=O)[O-]. The van der Waals surface area contributed by atoms with Crippen LogP contribution >= 0.6 is 0 Å². The maximum atomic E-state index is 11.8. The van der Waals surface area contributed by atoms with Crippen molar-refractivity contribution in [3.8, 4) is 0 Å². The minimum atomic E-state index is -0.525. The molecule has 1 heterocycles. The third-order valence-electron chi connectivity index (χ3n) is 2.78. The van der Waals surface area contributed by atoms with Crippen molar-refractivity contribution >= 4 is 17.5 Å². The first-order chi connectivity index (χ1) is 10.0. The lowest BCUT2D eigenvalue weighted by Gasteiger charge is -2.20. The number of nitrogens with one attached hydrogen (secondary N) is 2. The van der Waals surface area contributed by atoms with E-state index in [-0.39, 0.29) is 35.9 Å². The molecular weight excluding hydrogens is 290 g/mol. The summed E-state index contributed by atoms with van der Waals surface area (Å²) in [6, 6.07) is 0. The molecule has 0 atom stereocenters. The molecule has 22 heavy (non-hydrogen) atoms. The van der Waals surface area contributed by atoms with Gasteiger partial charge in [0, 0.05) is 5.54 Å². The fourth-order valence-electron chi connectivity index (χ4n) is 1.94. The summed E-state index contributed by atoms with van der Waals surface area (Å²) in [5.41, 5.74) is 0.0776. The quantitative estimate of drug-likeness (QED) is 0.604. The molecule has 1 rings (SSSR count). The van der Waals surface area contributed by atoms with Gasteiger partial charge in [0.05, 0.1) is 11.5 Å². The van der Waals surface area contributed by atoms with Crippen molar-refractivity contribution < 1.29 is 14.5 Å². The summed E-state index contributed by atoms with van der Waals surface area (Å²) in [7, 11) is 0. The Morgan fingerprint density at radius 1 is 1.27 bits per heavy atom. The summed E-state index contributed by atoms with van der Waals surface area (Å²) in [6.07, 6.45) is 0. The molecule has 9 nitrogen and oxygen atoms in total. The lowest BCUT2D eigenvalue weighted by molar-refractivity contribution is -0.386. The second-order valence-corrected chi connectivity index (χ2v) is 6.01. The lowest BCUT2D eigenvalue weighted by atomic mass is 10.1. The summed E-state index contributed by atoms with van der Waals surface area (Å²) in [6.45, 7) is 8.21. The summed E-state index contributed by atoms with van der Waals surface area (Å²) >= 11 is 0. The largest absolute Gasteiger partial charge is 0.350 e. The van der Waals surface area contributed by atoms with E-state index in [4.69, 9.17) is 0 Å². The number of amides is 2. The summed E-state index contributed by atoms with van der Waals surface area (Å²) < 4.78 is 1.25. The summed E-state index contributed by atoms with van der Waals surface area (Å²) in [5.74, 6) is -0.746. The fourth-order valence-corrected chi connectivity index (χ4v) is 1.94. The molecule has 9 heteroatoms. The van der Waals surface area contributed by atoms with Gasteiger partial charge in [-0.3, -0.25) is 24.4 Å². The highest BCUT2D eigenvalue weighted by molar-refractivity contribution is 5.84. The Balaban J connectivity index is 2.62. The van der Waals surface area contributed by atoms with Crippen molar-refractivity contribution in [3.05, 3.63) is 21.5 Å². The van der Waals surface area contributed by atoms with Crippen LogP contribution in [0.25, 0.3) is 0 Å². The topological polar surface area (TPSA) is 119 Å². The van der Waals surface area contributed by atoms with Crippen molar-refractivity contribution in [1.29, 1.82) is 0 Å². The summed E-state index contributed by atoms with van der Waals surface area (Å²) in [5, 5.41) is 20.0. The van der Waals surface area contributed by atoms with Crippen molar-refractivity contribution in [2.75, 3.05) is 6.54 Å². The normalized spacial score (nSPS) is 11.1. The van der Waals surface area contributed by atoms with Gasteiger partial charge in [-0.2, -0.15) is 5.10 Å². The third kappa shape index (κ3) is 4.83. The van der Waals surface area contributed by atoms with E-state index in [1.54, 1.807) is 0 Å². The first kappa shape index (κ1) is 17.6. The number of rotatable bonds is 5. The van der Waals surface area contributed by atoms with Crippen LogP contribution in [0.5, 0.6) is 0 Å². The van der Waals surface area contributed by atoms with Crippen molar-refractivity contribution in [1.82, 2.24) is 20.4 Å². The van der Waals surface area contributed by atoms with Gasteiger partial charge >= 0.3 is 5.69 Å². The fraction of sp³-hybridized carbons (Fsp3) is 0.615. The van der Waals surface area contributed by atoms with Gasteiger partial charge in [-0.1, -0.05) is 0 Å². The van der Waals surface area contributed by atoms with Crippen LogP contribution < -0.4 is 10.6 Å². The Kier molecular flexibility index (Phi) is 5.23. The second kappa shape index (κ2) is 6.54. The molecular formula is C13H21N5O4. The van der Waals surface area contributed by atoms with E-state index in [0.29, 0.717) is 5.69 Å². The van der Waals surface area contributed by atoms with Gasteiger partial charge < -0.3 is 10.6 Å². The molecule has 1 aromatic rings. The lowest BCUT2D eigenvalue weighted by Crippen LogP contribution is -2.46. The van der Waals surface area contributed by atoms with Crippen molar-refractivity contribution in [2.24, 2.45) is 0 Å². The molecule has 2 N–H and O–H groups in total. The second-order valence-electron chi connectivity index (χ2n) is 6.01. The predicted molar refractivity (Wildman–Crippen MR) is 79.3 cm³/mol. The molecule has 0 saturated heterocycles. The molecule has 0 bridgehead atoms. The molecule has 0 aromatic carbocycles. The van der Waals surface area contributed by atoms with Crippen molar-refractivity contribution in [2.45, 2.75) is 46.7 Å². The zero-order chi connectivity index (χ0) is 17.1. The van der Waals surface area contributed by atoms with Crippen LogP contribution in [0.2, 0.25) is 0 Å². The van der Waals surface area contributed by atoms with E-state index in [9.17, 15) is 19.7 Å². The number of nitro groups is 1. The van der Waals surface area contributed by atoms with Gasteiger partial charge in [-0.05, 0) is 34.6 Å². The predicted octanol–water partition coefficient (Wildman–Crippen LogP) is 0.439. The number of carbonyl (C=O) groups is 2. The molecule has 0 radical (unpaired) electrons. The van der Waals surface area contributed by atoms with E-state index in [2.05, 4.69) is 15.7 Å². The maximum Gasteiger partial charge on any atom is 0.312 e. The van der Waals surface area contributed by atoms with Gasteiger partial charge in [0.25, 0.3) is 0 Å². The van der Waals surface area contributed by atoms with Crippen LogP contribution in [0.15, 0.2) is 0 Å². The molecule has 0 saturated carbocycles. The van der Waals surface area contributed by atoms with E-state index < -0.39 is 10.8 Å². The Hall–Kier alpha value is -2.45. The van der Waals surface area contributed by atoms with E-state index in [1.807, 2.05) is 20.8 Å². The molecule has 1 aromatic heterocycles. The van der Waals surface area contributed by atoms with Crippen LogP contribution in [0.4, 0.5) is 5.69 Å². The number of aryl methyl sites for hydroxylation is 1. The Bertz CT molecular complexity index is 600. The molecule has 0 unspecified atom stereocenters. The number of aromatic nitrogens is 2. The minimum absolute atomic E-state index is 0.0988. The number of hydrogen-bond donors (Lipinski definition) is 2. The zero-order valence-corrected chi connectivity index (χ0v) is 13.4. The Morgan fingerprint density at radius 3 is 2.32 bits per heavy atom. The molecule has 0 aliphatic rings. The molecule has 122 valence electrons. The van der Waals surface area contributed by atoms with E-state index in [0.717, 1.165) is 0 Å². The first-order valence-corrected chi connectivity index (χ1v) is 6.77. The Morgan fingerprint density at radius 2 is 1.86 bits per heavy atom. The molecule has 0 spiro atoms. The van der Waals surface area contributed by atoms with Crippen LogP contribution in [-0.4, -0.2) is 38.6 Å². The van der Waals surface area contributed by atoms with Crippen molar-refractivity contribution in [3.63, 3.8) is 0 Å².